The van der Waals surface area contributed by atoms with Gasteiger partial charge in [0.2, 0.25) is 5.95 Å². The molecule has 0 radical (unpaired) electrons. The predicted octanol–water partition coefficient (Wildman–Crippen LogP) is 15.5. The normalized spacial score (nSPS) is 11.5. The van der Waals surface area contributed by atoms with E-state index in [0.29, 0.717) is 17.6 Å². The van der Waals surface area contributed by atoms with Crippen LogP contribution in [-0.4, -0.2) is 29.1 Å². The molecule has 0 saturated carbocycles. The highest BCUT2D eigenvalue weighted by atomic mass is 15.2. The first-order valence-electron chi connectivity index (χ1n) is 22.9. The Morgan fingerprint density at radius 3 is 1.32 bits per heavy atom. The van der Waals surface area contributed by atoms with Crippen molar-refractivity contribution in [1.29, 1.82) is 0 Å². The lowest BCUT2D eigenvalue weighted by Crippen LogP contribution is -2.06. The van der Waals surface area contributed by atoms with E-state index in [0.717, 1.165) is 105 Å². The fraction of sp³-hybridized carbons (Fsp3) is 0. The highest BCUT2D eigenvalue weighted by Gasteiger charge is 2.23. The third kappa shape index (κ3) is 6.74. The van der Waals surface area contributed by atoms with E-state index in [1.807, 2.05) is 36.4 Å². The Labute approximate surface area is 392 Å². The summed E-state index contributed by atoms with van der Waals surface area (Å²) in [6.45, 7) is 0. The van der Waals surface area contributed by atoms with Crippen molar-refractivity contribution < 1.29 is 0 Å². The average molecular weight is 869 g/mol. The van der Waals surface area contributed by atoms with Crippen LogP contribution in [0.5, 0.6) is 0 Å². The highest BCUT2D eigenvalue weighted by Crippen LogP contribution is 2.42. The lowest BCUT2D eigenvalue weighted by molar-refractivity contribution is 0.954. The molecule has 0 aliphatic carbocycles. The fourth-order valence-electron chi connectivity index (χ4n) is 9.80. The quantitative estimate of drug-likeness (QED) is 0.153. The summed E-state index contributed by atoms with van der Waals surface area (Å²) in [4.78, 5) is 21.0. The summed E-state index contributed by atoms with van der Waals surface area (Å²) in [6.07, 6.45) is 0. The van der Waals surface area contributed by atoms with E-state index in [1.165, 1.54) is 0 Å². The molecule has 0 aliphatic heterocycles. The van der Waals surface area contributed by atoms with Crippen molar-refractivity contribution in [3.05, 3.63) is 243 Å². The zero-order valence-corrected chi connectivity index (χ0v) is 36.8. The summed E-state index contributed by atoms with van der Waals surface area (Å²) in [6, 6.07) is 85.2. The lowest BCUT2D eigenvalue weighted by atomic mass is 9.98. The van der Waals surface area contributed by atoms with E-state index < -0.39 is 0 Å². The van der Waals surface area contributed by atoms with Crippen LogP contribution in [0.1, 0.15) is 0 Å². The van der Waals surface area contributed by atoms with E-state index in [4.69, 9.17) is 19.9 Å². The first-order chi connectivity index (χ1) is 33.7. The molecule has 0 atom stereocenters. The topological polar surface area (TPSA) is 61.4 Å². The van der Waals surface area contributed by atoms with Crippen LogP contribution in [0.4, 0.5) is 0 Å². The maximum atomic E-state index is 5.34. The van der Waals surface area contributed by atoms with Crippen LogP contribution in [0.3, 0.4) is 0 Å². The van der Waals surface area contributed by atoms with Crippen LogP contribution < -0.4 is 0 Å². The van der Waals surface area contributed by atoms with Crippen molar-refractivity contribution >= 4 is 43.6 Å². The Balaban J connectivity index is 1.05. The van der Waals surface area contributed by atoms with Gasteiger partial charge in [0.15, 0.2) is 11.6 Å². The second-order valence-electron chi connectivity index (χ2n) is 17.1. The molecule has 6 heteroatoms. The molecular formula is C62H40N6. The standard InChI is InChI=1S/C62H40N6/c1-5-20-41(21-6-1)45-28-19-29-46(36-45)61-64-60(44-26-11-4-12-27-44)65-62(66-61)68-57-35-18-15-32-50(57)52-39-58-51(40-59(52)68)49-31-14-17-34-56(49)67(58)55-33-16-13-30-48(55)47-37-53(42-22-7-2-8-23-42)63-54(38-47)43-24-9-3-10-25-43/h1-40H. The number of benzene rings is 9. The Morgan fingerprint density at radius 1 is 0.250 bits per heavy atom. The molecule has 9 aromatic carbocycles. The molecule has 318 valence electrons. The number of pyridine rings is 1. The summed E-state index contributed by atoms with van der Waals surface area (Å²) in [7, 11) is 0. The molecule has 0 fully saturated rings. The number of hydrogen-bond donors (Lipinski definition) is 0. The molecule has 0 spiro atoms. The van der Waals surface area contributed by atoms with Gasteiger partial charge in [0.25, 0.3) is 0 Å². The summed E-state index contributed by atoms with van der Waals surface area (Å²) in [5.74, 6) is 1.77. The van der Waals surface area contributed by atoms with Gasteiger partial charge in [-0.05, 0) is 65.2 Å². The predicted molar refractivity (Wildman–Crippen MR) is 279 cm³/mol. The third-order valence-electron chi connectivity index (χ3n) is 13.0. The maximum Gasteiger partial charge on any atom is 0.238 e. The van der Waals surface area contributed by atoms with Crippen LogP contribution in [0, 0.1) is 0 Å². The average Bonchev–Trinajstić information content (AvgIpc) is 3.92. The summed E-state index contributed by atoms with van der Waals surface area (Å²) in [5, 5.41) is 4.49. The molecule has 0 N–H and O–H groups in total. The van der Waals surface area contributed by atoms with E-state index in [9.17, 15) is 0 Å². The molecular weight excluding hydrogens is 829 g/mol. The molecule has 13 rings (SSSR count). The molecule has 0 saturated heterocycles. The molecule has 4 aromatic heterocycles. The van der Waals surface area contributed by atoms with Gasteiger partial charge in [-0.2, -0.15) is 9.97 Å². The van der Waals surface area contributed by atoms with Gasteiger partial charge < -0.3 is 4.57 Å². The zero-order chi connectivity index (χ0) is 45.0. The van der Waals surface area contributed by atoms with Gasteiger partial charge in [-0.15, -0.1) is 0 Å². The minimum absolute atomic E-state index is 0.555. The van der Waals surface area contributed by atoms with Crippen LogP contribution in [0.2, 0.25) is 0 Å². The van der Waals surface area contributed by atoms with Gasteiger partial charge in [-0.1, -0.05) is 194 Å². The van der Waals surface area contributed by atoms with E-state index in [1.54, 1.807) is 0 Å². The van der Waals surface area contributed by atoms with Gasteiger partial charge >= 0.3 is 0 Å². The number of para-hydroxylation sites is 3. The Kier molecular flexibility index (Phi) is 9.39. The molecule has 6 nitrogen and oxygen atoms in total. The fourth-order valence-corrected chi connectivity index (χ4v) is 9.80. The molecule has 0 aliphatic rings. The third-order valence-corrected chi connectivity index (χ3v) is 13.0. The summed E-state index contributed by atoms with van der Waals surface area (Å²) >= 11 is 0. The number of hydrogen-bond acceptors (Lipinski definition) is 4. The van der Waals surface area contributed by atoms with Gasteiger partial charge in [-0.25, -0.2) is 9.97 Å². The van der Waals surface area contributed by atoms with E-state index in [-0.39, 0.29) is 0 Å². The Morgan fingerprint density at radius 2 is 0.706 bits per heavy atom. The second-order valence-corrected chi connectivity index (χ2v) is 17.1. The molecule has 4 heterocycles. The lowest BCUT2D eigenvalue weighted by Gasteiger charge is -2.16. The number of rotatable bonds is 8. The van der Waals surface area contributed by atoms with Crippen LogP contribution in [0.25, 0.3) is 123 Å². The van der Waals surface area contributed by atoms with Gasteiger partial charge in [0, 0.05) is 49.4 Å². The van der Waals surface area contributed by atoms with Crippen molar-refractivity contribution in [3.8, 4) is 79.2 Å². The maximum absolute atomic E-state index is 5.34. The van der Waals surface area contributed by atoms with Crippen molar-refractivity contribution in [2.24, 2.45) is 0 Å². The SMILES string of the molecule is c1ccc(-c2cccc(-c3nc(-c4ccccc4)nc(-n4c5ccccc5c5cc6c(cc54)c4ccccc4n6-c4ccccc4-c4cc(-c5ccccc5)nc(-c5ccccc5)c4)n3)c2)cc1. The Hall–Kier alpha value is -9.26. The number of fused-ring (bicyclic) bond motifs is 6. The number of nitrogens with zero attached hydrogens (tertiary/aromatic N) is 6. The van der Waals surface area contributed by atoms with E-state index in [2.05, 4.69) is 215 Å². The summed E-state index contributed by atoms with van der Waals surface area (Å²) < 4.78 is 4.65. The molecule has 0 bridgehead atoms. The van der Waals surface area contributed by atoms with E-state index >= 15 is 0 Å². The van der Waals surface area contributed by atoms with Crippen LogP contribution in [0.15, 0.2) is 243 Å². The van der Waals surface area contributed by atoms with Gasteiger partial charge in [0.05, 0.1) is 39.1 Å². The molecule has 0 amide bonds. The van der Waals surface area contributed by atoms with Crippen molar-refractivity contribution in [1.82, 2.24) is 29.1 Å². The van der Waals surface area contributed by atoms with Crippen molar-refractivity contribution in [2.45, 2.75) is 0 Å². The largest absolute Gasteiger partial charge is 0.309 e. The van der Waals surface area contributed by atoms with Crippen LogP contribution >= 0.6 is 0 Å². The minimum atomic E-state index is 0.555. The first-order valence-corrected chi connectivity index (χ1v) is 22.9. The number of aromatic nitrogens is 6. The van der Waals surface area contributed by atoms with Crippen LogP contribution in [-0.2, 0) is 0 Å². The van der Waals surface area contributed by atoms with Gasteiger partial charge in [-0.3, -0.25) is 4.57 Å². The summed E-state index contributed by atoms with van der Waals surface area (Å²) in [5.41, 5.74) is 15.6. The smallest absolute Gasteiger partial charge is 0.238 e. The van der Waals surface area contributed by atoms with Crippen molar-refractivity contribution in [3.63, 3.8) is 0 Å². The van der Waals surface area contributed by atoms with Gasteiger partial charge in [0.1, 0.15) is 0 Å². The molecule has 13 aromatic rings. The van der Waals surface area contributed by atoms with Crippen molar-refractivity contribution in [2.75, 3.05) is 0 Å². The zero-order valence-electron chi connectivity index (χ0n) is 36.8. The monoisotopic (exact) mass is 868 g/mol. The highest BCUT2D eigenvalue weighted by molar-refractivity contribution is 6.19. The molecule has 68 heavy (non-hydrogen) atoms. The Bertz CT molecular complexity index is 3950. The minimum Gasteiger partial charge on any atom is -0.309 e. The molecule has 0 unspecified atom stereocenters. The second kappa shape index (κ2) is 16.3. The first kappa shape index (κ1) is 39.1.